The predicted molar refractivity (Wildman–Crippen MR) is 70.0 cm³/mol. The van der Waals surface area contributed by atoms with Gasteiger partial charge in [0.2, 0.25) is 0 Å². The van der Waals surface area contributed by atoms with Crippen molar-refractivity contribution in [2.24, 2.45) is 0 Å². The minimum atomic E-state index is -2.48. The zero-order valence-electron chi connectivity index (χ0n) is 10.6. The molecule has 0 radical (unpaired) electrons. The number of carbonyl (C=O) groups is 1. The quantitative estimate of drug-likeness (QED) is 0.637. The molecule has 0 heterocycles. The first-order valence-electron chi connectivity index (χ1n) is 5.61. The second kappa shape index (κ2) is 7.19. The summed E-state index contributed by atoms with van der Waals surface area (Å²) in [4.78, 5) is 11.3. The highest BCUT2D eigenvalue weighted by atomic mass is 31.2. The number of benzene rings is 1. The van der Waals surface area contributed by atoms with Gasteiger partial charge in [-0.1, -0.05) is 30.3 Å². The Labute approximate surface area is 107 Å². The van der Waals surface area contributed by atoms with Gasteiger partial charge in [0.25, 0.3) is 0 Å². The lowest BCUT2D eigenvalue weighted by molar-refractivity contribution is 0.137. The van der Waals surface area contributed by atoms with E-state index in [2.05, 4.69) is 5.32 Å². The van der Waals surface area contributed by atoms with E-state index >= 15 is 0 Å². The minimum absolute atomic E-state index is 0.213. The summed E-state index contributed by atoms with van der Waals surface area (Å²) >= 11 is 0. The van der Waals surface area contributed by atoms with E-state index in [1.54, 1.807) is 0 Å². The van der Waals surface area contributed by atoms with Crippen LogP contribution < -0.4 is 5.32 Å². The first kappa shape index (κ1) is 14.7. The van der Waals surface area contributed by atoms with Crippen LogP contribution in [0.1, 0.15) is 5.56 Å². The maximum atomic E-state index is 11.3. The van der Waals surface area contributed by atoms with Crippen molar-refractivity contribution >= 4 is 13.5 Å². The highest BCUT2D eigenvalue weighted by Gasteiger charge is 2.07. The molecular weight excluding hydrogens is 253 g/mol. The lowest BCUT2D eigenvalue weighted by atomic mass is 10.2. The van der Waals surface area contributed by atoms with Gasteiger partial charge >= 0.3 is 6.09 Å². The minimum Gasteiger partial charge on any atom is -0.445 e. The number of hydrogen-bond acceptors (Lipinski definition) is 4. The molecule has 1 amide bonds. The highest BCUT2D eigenvalue weighted by Crippen LogP contribution is 2.36. The van der Waals surface area contributed by atoms with Gasteiger partial charge in [0, 0.05) is 19.9 Å². The Hall–Kier alpha value is -1.32. The molecule has 0 saturated heterocycles. The summed E-state index contributed by atoms with van der Waals surface area (Å²) in [5, 5.41) is 2.52. The Morgan fingerprint density at radius 2 is 1.94 bits per heavy atom. The van der Waals surface area contributed by atoms with E-state index in [1.165, 1.54) is 13.3 Å². The van der Waals surface area contributed by atoms with Crippen LogP contribution in [0, 0.1) is 0 Å². The smallest absolute Gasteiger partial charge is 0.407 e. The Bertz CT molecular complexity index is 415. The van der Waals surface area contributed by atoms with E-state index in [0.717, 1.165) is 5.56 Å². The van der Waals surface area contributed by atoms with Gasteiger partial charge in [-0.15, -0.1) is 0 Å². The van der Waals surface area contributed by atoms with Gasteiger partial charge in [0.1, 0.15) is 6.61 Å². The van der Waals surface area contributed by atoms with Crippen LogP contribution in [0.3, 0.4) is 0 Å². The first-order chi connectivity index (χ1) is 8.47. The van der Waals surface area contributed by atoms with E-state index < -0.39 is 13.5 Å². The third-order valence-electron chi connectivity index (χ3n) is 1.99. The maximum absolute atomic E-state index is 11.3. The zero-order valence-corrected chi connectivity index (χ0v) is 11.5. The van der Waals surface area contributed by atoms with E-state index in [9.17, 15) is 9.36 Å². The molecule has 1 aromatic rings. The van der Waals surface area contributed by atoms with Crippen LogP contribution >= 0.6 is 7.37 Å². The third-order valence-corrected chi connectivity index (χ3v) is 2.79. The first-order valence-corrected chi connectivity index (χ1v) is 8.13. The molecule has 100 valence electrons. The Kier molecular flexibility index (Phi) is 5.89. The van der Waals surface area contributed by atoms with E-state index in [0.29, 0.717) is 0 Å². The number of ether oxygens (including phenoxy) is 1. The second-order valence-electron chi connectivity index (χ2n) is 4.07. The Morgan fingerprint density at radius 1 is 1.28 bits per heavy atom. The molecule has 0 aliphatic heterocycles. The van der Waals surface area contributed by atoms with Crippen LogP contribution in [0.5, 0.6) is 0 Å². The van der Waals surface area contributed by atoms with Crippen LogP contribution in [-0.2, 0) is 20.4 Å². The number of hydrogen-bond donors (Lipinski definition) is 1. The summed E-state index contributed by atoms with van der Waals surface area (Å²) in [7, 11) is -2.48. The van der Waals surface area contributed by atoms with Gasteiger partial charge in [-0.25, -0.2) is 4.79 Å². The molecule has 0 aliphatic rings. The van der Waals surface area contributed by atoms with E-state index in [-0.39, 0.29) is 19.8 Å². The topological polar surface area (TPSA) is 64.6 Å². The number of alkyl carbamates (subject to hydrolysis) is 1. The molecule has 0 spiro atoms. The lowest BCUT2D eigenvalue weighted by Gasteiger charge is -2.09. The highest BCUT2D eigenvalue weighted by molar-refractivity contribution is 7.57. The van der Waals surface area contributed by atoms with Crippen LogP contribution in [0.4, 0.5) is 4.79 Å². The van der Waals surface area contributed by atoms with Crippen molar-refractivity contribution in [3.63, 3.8) is 0 Å². The van der Waals surface area contributed by atoms with Crippen molar-refractivity contribution in [2.75, 3.05) is 26.5 Å². The average Bonchev–Trinajstić information content (AvgIpc) is 2.32. The molecule has 0 aromatic heterocycles. The summed E-state index contributed by atoms with van der Waals surface area (Å²) in [5.41, 5.74) is 0.926. The fourth-order valence-corrected chi connectivity index (χ4v) is 1.72. The molecule has 1 rings (SSSR count). The van der Waals surface area contributed by atoms with Crippen molar-refractivity contribution in [2.45, 2.75) is 6.61 Å². The van der Waals surface area contributed by atoms with Gasteiger partial charge in [-0.2, -0.15) is 0 Å². The molecular formula is C12H18NO4P. The van der Waals surface area contributed by atoms with E-state index in [4.69, 9.17) is 9.26 Å². The van der Waals surface area contributed by atoms with Crippen molar-refractivity contribution in [3.8, 4) is 0 Å². The monoisotopic (exact) mass is 271 g/mol. The summed E-state index contributed by atoms with van der Waals surface area (Å²) in [5.74, 6) is 0. The van der Waals surface area contributed by atoms with Crippen molar-refractivity contribution in [3.05, 3.63) is 35.9 Å². The molecule has 1 N–H and O–H groups in total. The largest absolute Gasteiger partial charge is 0.445 e. The standard InChI is InChI=1S/C12H18NO4P/c1-18(2,15)17-9-8-13-12(14)16-10-11-6-4-3-5-7-11/h3-7H,8-10H2,1-2H3,(H,13,14). The average molecular weight is 271 g/mol. The fourth-order valence-electron chi connectivity index (χ4n) is 1.19. The van der Waals surface area contributed by atoms with Crippen molar-refractivity contribution in [1.29, 1.82) is 0 Å². The molecule has 5 nitrogen and oxygen atoms in total. The molecule has 0 saturated carbocycles. The van der Waals surface area contributed by atoms with Crippen LogP contribution in [-0.4, -0.2) is 32.6 Å². The summed E-state index contributed by atoms with van der Waals surface area (Å²) in [6, 6.07) is 9.41. The summed E-state index contributed by atoms with van der Waals surface area (Å²) in [6.45, 7) is 3.78. The molecule has 0 unspecified atom stereocenters. The van der Waals surface area contributed by atoms with Crippen molar-refractivity contribution in [1.82, 2.24) is 5.32 Å². The third kappa shape index (κ3) is 7.09. The second-order valence-corrected chi connectivity index (χ2v) is 6.84. The maximum Gasteiger partial charge on any atom is 0.407 e. The number of rotatable bonds is 6. The van der Waals surface area contributed by atoms with Crippen LogP contribution in [0.2, 0.25) is 0 Å². The molecule has 0 fully saturated rings. The molecule has 0 aliphatic carbocycles. The summed E-state index contributed by atoms with van der Waals surface area (Å²) < 4.78 is 21.2. The predicted octanol–water partition coefficient (Wildman–Crippen LogP) is 2.47. The Balaban J connectivity index is 2.13. The SMILES string of the molecule is CP(C)(=O)OCCNC(=O)OCc1ccccc1. The number of amides is 1. The van der Waals surface area contributed by atoms with Crippen LogP contribution in [0.25, 0.3) is 0 Å². The Morgan fingerprint density at radius 3 is 2.56 bits per heavy atom. The van der Waals surface area contributed by atoms with Gasteiger partial charge in [-0.05, 0) is 5.56 Å². The normalized spacial score (nSPS) is 11.0. The fraction of sp³-hybridized carbons (Fsp3) is 0.417. The van der Waals surface area contributed by atoms with Gasteiger partial charge < -0.3 is 14.6 Å². The number of carbonyl (C=O) groups excluding carboxylic acids is 1. The molecule has 6 heteroatoms. The summed E-state index contributed by atoms with van der Waals surface area (Å²) in [6.07, 6.45) is -0.510. The molecule has 0 atom stereocenters. The molecule has 1 aromatic carbocycles. The lowest BCUT2D eigenvalue weighted by Crippen LogP contribution is -2.27. The van der Waals surface area contributed by atoms with Crippen LogP contribution in [0.15, 0.2) is 30.3 Å². The zero-order chi connectivity index (χ0) is 13.4. The van der Waals surface area contributed by atoms with Gasteiger partial charge in [-0.3, -0.25) is 4.57 Å². The van der Waals surface area contributed by atoms with Crippen molar-refractivity contribution < 1.29 is 18.6 Å². The van der Waals surface area contributed by atoms with Gasteiger partial charge in [0.05, 0.1) is 6.61 Å². The molecule has 0 bridgehead atoms. The van der Waals surface area contributed by atoms with E-state index in [1.807, 2.05) is 30.3 Å². The van der Waals surface area contributed by atoms with Gasteiger partial charge in [0.15, 0.2) is 7.37 Å². The molecule has 18 heavy (non-hydrogen) atoms. The number of nitrogens with one attached hydrogen (secondary N) is 1.